The van der Waals surface area contributed by atoms with Crippen LogP contribution in [0.25, 0.3) is 0 Å². The minimum atomic E-state index is -3.13. The molecule has 7 heteroatoms. The largest absolute Gasteiger partial charge is 0.507 e. The SMILES string of the molecule is CCc1c(C)c2c(c(O)c1C/C=C(\C)CP(=O)(OC)OC)C(=O)OC2. The van der Waals surface area contributed by atoms with Crippen molar-refractivity contribution in [1.82, 2.24) is 0 Å². The van der Waals surface area contributed by atoms with E-state index in [0.717, 1.165) is 28.7 Å². The predicted octanol–water partition coefficient (Wildman–Crippen LogP) is 3.91. The van der Waals surface area contributed by atoms with Gasteiger partial charge < -0.3 is 18.9 Å². The highest BCUT2D eigenvalue weighted by Crippen LogP contribution is 2.48. The highest BCUT2D eigenvalue weighted by Gasteiger charge is 2.31. The third-order valence-corrected chi connectivity index (χ3v) is 6.65. The van der Waals surface area contributed by atoms with Crippen molar-refractivity contribution in [3.8, 4) is 5.75 Å². The van der Waals surface area contributed by atoms with Gasteiger partial charge in [0.05, 0.1) is 6.16 Å². The molecule has 1 heterocycles. The van der Waals surface area contributed by atoms with Gasteiger partial charge in [0.1, 0.15) is 17.9 Å². The van der Waals surface area contributed by atoms with E-state index in [1.807, 2.05) is 26.8 Å². The zero-order chi connectivity index (χ0) is 18.8. The molecule has 2 rings (SSSR count). The Labute approximate surface area is 148 Å². The molecule has 1 aliphatic rings. The summed E-state index contributed by atoms with van der Waals surface area (Å²) in [4.78, 5) is 11.9. The molecule has 1 aromatic carbocycles. The molecule has 0 aliphatic carbocycles. The Morgan fingerprint density at radius 2 is 1.96 bits per heavy atom. The fourth-order valence-corrected chi connectivity index (χ4v) is 4.34. The molecule has 1 N–H and O–H groups in total. The summed E-state index contributed by atoms with van der Waals surface area (Å²) in [6.45, 7) is 6.00. The summed E-state index contributed by atoms with van der Waals surface area (Å²) in [6.07, 6.45) is 3.21. The third-order valence-electron chi connectivity index (χ3n) is 4.65. The molecule has 6 nitrogen and oxygen atoms in total. The average Bonchev–Trinajstić information content (AvgIpc) is 2.98. The maximum Gasteiger partial charge on any atom is 0.342 e. The molecule has 0 fully saturated rings. The Kier molecular flexibility index (Phi) is 6.09. The minimum Gasteiger partial charge on any atom is -0.507 e. The lowest BCUT2D eigenvalue weighted by Crippen LogP contribution is -2.05. The van der Waals surface area contributed by atoms with Gasteiger partial charge in [0.2, 0.25) is 0 Å². The van der Waals surface area contributed by atoms with Gasteiger partial charge in [-0.05, 0) is 37.8 Å². The first-order valence-electron chi connectivity index (χ1n) is 8.17. The van der Waals surface area contributed by atoms with E-state index in [1.54, 1.807) is 0 Å². The quantitative estimate of drug-likeness (QED) is 0.446. The number of benzene rings is 1. The van der Waals surface area contributed by atoms with Crippen LogP contribution >= 0.6 is 7.60 Å². The Morgan fingerprint density at radius 3 is 2.52 bits per heavy atom. The normalized spacial score (nSPS) is 14.6. The average molecular weight is 368 g/mol. The highest BCUT2D eigenvalue weighted by atomic mass is 31.2. The summed E-state index contributed by atoms with van der Waals surface area (Å²) in [5.41, 5.74) is 4.58. The molecule has 1 aromatic rings. The maximum atomic E-state index is 12.2. The van der Waals surface area contributed by atoms with E-state index >= 15 is 0 Å². The van der Waals surface area contributed by atoms with E-state index in [0.29, 0.717) is 12.0 Å². The number of cyclic esters (lactones) is 1. The molecule has 0 unspecified atom stereocenters. The van der Waals surface area contributed by atoms with Gasteiger partial charge in [-0.1, -0.05) is 18.6 Å². The maximum absolute atomic E-state index is 12.2. The van der Waals surface area contributed by atoms with Crippen LogP contribution in [0, 0.1) is 6.92 Å². The van der Waals surface area contributed by atoms with Crippen molar-refractivity contribution in [3.05, 3.63) is 39.5 Å². The number of carbonyl (C=O) groups excluding carboxylic acids is 1. The molecule has 0 amide bonds. The van der Waals surface area contributed by atoms with Gasteiger partial charge in [-0.15, -0.1) is 0 Å². The number of esters is 1. The lowest BCUT2D eigenvalue weighted by atomic mass is 9.89. The summed E-state index contributed by atoms with van der Waals surface area (Å²) >= 11 is 0. The molecule has 0 bridgehead atoms. The summed E-state index contributed by atoms with van der Waals surface area (Å²) in [5.74, 6) is -0.492. The number of carbonyl (C=O) groups is 1. The zero-order valence-electron chi connectivity index (χ0n) is 15.3. The smallest absolute Gasteiger partial charge is 0.342 e. The van der Waals surface area contributed by atoms with Crippen LogP contribution in [0.5, 0.6) is 5.75 Å². The lowest BCUT2D eigenvalue weighted by Gasteiger charge is -2.17. The van der Waals surface area contributed by atoms with Crippen LogP contribution in [0.15, 0.2) is 11.6 Å². The molecule has 1 aliphatic heterocycles. The van der Waals surface area contributed by atoms with Crippen LogP contribution in [0.2, 0.25) is 0 Å². The Morgan fingerprint density at radius 1 is 1.32 bits per heavy atom. The fraction of sp³-hybridized carbons (Fsp3) is 0.500. The molecule has 0 atom stereocenters. The first kappa shape index (κ1) is 19.7. The highest BCUT2D eigenvalue weighted by molar-refractivity contribution is 7.54. The van der Waals surface area contributed by atoms with Crippen molar-refractivity contribution in [1.29, 1.82) is 0 Å². The summed E-state index contributed by atoms with van der Waals surface area (Å²) in [7, 11) is -0.416. The molecular weight excluding hydrogens is 343 g/mol. The Bertz CT molecular complexity index is 758. The van der Waals surface area contributed by atoms with Gasteiger partial charge in [-0.25, -0.2) is 4.79 Å². The van der Waals surface area contributed by atoms with E-state index in [4.69, 9.17) is 13.8 Å². The number of rotatable bonds is 7. The van der Waals surface area contributed by atoms with Crippen molar-refractivity contribution in [2.75, 3.05) is 20.4 Å². The number of hydrogen-bond donors (Lipinski definition) is 1. The van der Waals surface area contributed by atoms with Gasteiger partial charge in [-0.2, -0.15) is 0 Å². The molecule has 0 spiro atoms. The summed E-state index contributed by atoms with van der Waals surface area (Å²) in [6, 6.07) is 0. The molecule has 138 valence electrons. The Balaban J connectivity index is 2.39. The Hall–Kier alpha value is -1.62. The second-order valence-electron chi connectivity index (χ2n) is 6.10. The van der Waals surface area contributed by atoms with Crippen LogP contribution in [-0.2, 0) is 37.8 Å². The van der Waals surface area contributed by atoms with Crippen LogP contribution in [0.3, 0.4) is 0 Å². The first-order chi connectivity index (χ1) is 11.8. The second-order valence-corrected chi connectivity index (χ2v) is 8.37. The fourth-order valence-electron chi connectivity index (χ4n) is 3.19. The molecule has 0 saturated heterocycles. The number of aromatic hydroxyl groups is 1. The predicted molar refractivity (Wildman–Crippen MR) is 95.3 cm³/mol. The molecule has 25 heavy (non-hydrogen) atoms. The van der Waals surface area contributed by atoms with Gasteiger partial charge in [0.25, 0.3) is 0 Å². The van der Waals surface area contributed by atoms with Crippen LogP contribution in [0.4, 0.5) is 0 Å². The first-order valence-corrected chi connectivity index (χ1v) is 9.90. The monoisotopic (exact) mass is 368 g/mol. The van der Waals surface area contributed by atoms with Crippen LogP contribution in [0.1, 0.15) is 46.5 Å². The van der Waals surface area contributed by atoms with E-state index in [2.05, 4.69) is 0 Å². The van der Waals surface area contributed by atoms with E-state index in [9.17, 15) is 14.5 Å². The third kappa shape index (κ3) is 3.81. The number of fused-ring (bicyclic) bond motifs is 1. The molecule has 0 radical (unpaired) electrons. The number of hydrogen-bond acceptors (Lipinski definition) is 6. The molecule has 0 aromatic heterocycles. The van der Waals surface area contributed by atoms with Crippen molar-refractivity contribution >= 4 is 13.6 Å². The topological polar surface area (TPSA) is 82.1 Å². The van der Waals surface area contributed by atoms with Crippen LogP contribution < -0.4 is 0 Å². The standard InChI is InChI=1S/C18H25O6P/c1-6-13-12(3)15-9-24-18(20)16(15)17(19)14(13)8-7-11(2)10-25(21,22-4)23-5/h7,19H,6,8-10H2,1-5H3/b11-7+. The summed E-state index contributed by atoms with van der Waals surface area (Å²) < 4.78 is 27.2. The van der Waals surface area contributed by atoms with Crippen molar-refractivity contribution in [2.24, 2.45) is 0 Å². The number of phenols is 1. The number of ether oxygens (including phenoxy) is 1. The van der Waals surface area contributed by atoms with Gasteiger partial charge >= 0.3 is 13.6 Å². The number of phenolic OH excluding ortho intramolecular Hbond substituents is 1. The second kappa shape index (κ2) is 7.73. The van der Waals surface area contributed by atoms with Gasteiger partial charge in [0.15, 0.2) is 0 Å². The van der Waals surface area contributed by atoms with Crippen molar-refractivity contribution < 1.29 is 28.3 Å². The van der Waals surface area contributed by atoms with Crippen LogP contribution in [-0.4, -0.2) is 31.5 Å². The van der Waals surface area contributed by atoms with Gasteiger partial charge in [0, 0.05) is 25.3 Å². The minimum absolute atomic E-state index is 0.00864. The van der Waals surface area contributed by atoms with Crippen molar-refractivity contribution in [3.63, 3.8) is 0 Å². The van der Waals surface area contributed by atoms with E-state index < -0.39 is 13.6 Å². The van der Waals surface area contributed by atoms with Gasteiger partial charge in [-0.3, -0.25) is 4.57 Å². The molecule has 0 saturated carbocycles. The summed E-state index contributed by atoms with van der Waals surface area (Å²) in [5, 5.41) is 10.6. The zero-order valence-corrected chi connectivity index (χ0v) is 16.2. The van der Waals surface area contributed by atoms with E-state index in [1.165, 1.54) is 14.2 Å². The van der Waals surface area contributed by atoms with Crippen molar-refractivity contribution in [2.45, 2.75) is 40.2 Å². The lowest BCUT2D eigenvalue weighted by molar-refractivity contribution is 0.0533. The number of allylic oxidation sites excluding steroid dienone is 2. The molecular formula is C18H25O6P. The van der Waals surface area contributed by atoms with E-state index in [-0.39, 0.29) is 24.1 Å².